The molecule has 0 fully saturated rings. The highest BCUT2D eigenvalue weighted by atomic mass is 15.3. The summed E-state index contributed by atoms with van der Waals surface area (Å²) in [6.07, 6.45) is 7.97. The number of nitrogens with one attached hydrogen (secondary N) is 1. The van der Waals surface area contributed by atoms with Gasteiger partial charge in [-0.3, -0.25) is 9.36 Å². The summed E-state index contributed by atoms with van der Waals surface area (Å²) in [6.45, 7) is 8.27. The summed E-state index contributed by atoms with van der Waals surface area (Å²) in [5, 5.41) is 12.1. The zero-order valence-corrected chi connectivity index (χ0v) is 12.0. The van der Waals surface area contributed by atoms with E-state index in [9.17, 15) is 0 Å². The number of hydrogen-bond acceptors (Lipinski definition) is 3. The summed E-state index contributed by atoms with van der Waals surface area (Å²) in [7, 11) is 0. The highest BCUT2D eigenvalue weighted by molar-refractivity contribution is 5.38. The molecular weight excluding hydrogens is 238 g/mol. The lowest BCUT2D eigenvalue weighted by Gasteiger charge is -2.14. The van der Waals surface area contributed by atoms with Gasteiger partial charge in [0.25, 0.3) is 0 Å². The first kappa shape index (κ1) is 13.6. The Morgan fingerprint density at radius 1 is 1.32 bits per heavy atom. The summed E-state index contributed by atoms with van der Waals surface area (Å²) in [5.41, 5.74) is 2.27. The first-order valence-electron chi connectivity index (χ1n) is 7.03. The Morgan fingerprint density at radius 3 is 2.89 bits per heavy atom. The van der Waals surface area contributed by atoms with Crippen molar-refractivity contribution in [3.63, 3.8) is 0 Å². The van der Waals surface area contributed by atoms with Crippen molar-refractivity contribution in [2.75, 3.05) is 5.32 Å². The summed E-state index contributed by atoms with van der Waals surface area (Å²) in [4.78, 5) is 0. The molecule has 0 radical (unpaired) electrons. The van der Waals surface area contributed by atoms with Crippen LogP contribution in [-0.2, 0) is 13.1 Å². The Bertz CT molecular complexity index is 499. The Kier molecular flexibility index (Phi) is 4.60. The topological polar surface area (TPSA) is 47.7 Å². The number of hydrogen-bond donors (Lipinski definition) is 1. The molecule has 0 saturated heterocycles. The van der Waals surface area contributed by atoms with Crippen molar-refractivity contribution >= 4 is 5.69 Å². The van der Waals surface area contributed by atoms with Crippen LogP contribution in [0.3, 0.4) is 0 Å². The maximum atomic E-state index is 4.39. The minimum absolute atomic E-state index is 0.439. The molecule has 0 aromatic carbocycles. The fourth-order valence-corrected chi connectivity index (χ4v) is 2.05. The lowest BCUT2D eigenvalue weighted by molar-refractivity contribution is 0.462. The first-order valence-corrected chi connectivity index (χ1v) is 7.03. The lowest BCUT2D eigenvalue weighted by Crippen LogP contribution is -2.12. The highest BCUT2D eigenvalue weighted by Gasteiger charge is 2.08. The minimum atomic E-state index is 0.439. The number of aromatic nitrogens is 4. The molecule has 1 N–H and O–H groups in total. The van der Waals surface area contributed by atoms with Gasteiger partial charge in [0.05, 0.1) is 24.1 Å². The van der Waals surface area contributed by atoms with E-state index in [0.29, 0.717) is 6.04 Å². The molecule has 5 nitrogen and oxygen atoms in total. The molecule has 0 aliphatic heterocycles. The Morgan fingerprint density at radius 2 is 2.16 bits per heavy atom. The third-order valence-electron chi connectivity index (χ3n) is 3.32. The Labute approximate surface area is 114 Å². The van der Waals surface area contributed by atoms with Crippen molar-refractivity contribution in [2.45, 2.75) is 52.7 Å². The van der Waals surface area contributed by atoms with Gasteiger partial charge in [0.15, 0.2) is 0 Å². The molecular formula is C14H23N5. The molecule has 0 aliphatic carbocycles. The van der Waals surface area contributed by atoms with Crippen LogP contribution in [-0.4, -0.2) is 19.6 Å². The van der Waals surface area contributed by atoms with Crippen molar-refractivity contribution < 1.29 is 0 Å². The van der Waals surface area contributed by atoms with Crippen molar-refractivity contribution in [2.24, 2.45) is 0 Å². The van der Waals surface area contributed by atoms with Crippen LogP contribution >= 0.6 is 0 Å². The molecule has 0 bridgehead atoms. The zero-order chi connectivity index (χ0) is 13.7. The van der Waals surface area contributed by atoms with Gasteiger partial charge in [-0.15, -0.1) is 0 Å². The number of rotatable bonds is 7. The largest absolute Gasteiger partial charge is 0.377 e. The summed E-state index contributed by atoms with van der Waals surface area (Å²) >= 11 is 0. The standard InChI is InChI=1S/C14H23N5/c1-4-8-18-11-13(9-17-18)15-10-14-6-7-16-19(14)12(3)5-2/h6-7,9,11-12,15H,4-5,8,10H2,1-3H3/t12-/m0/s1. The molecule has 2 aromatic rings. The molecule has 2 aromatic heterocycles. The fraction of sp³-hybridized carbons (Fsp3) is 0.571. The predicted molar refractivity (Wildman–Crippen MR) is 77.1 cm³/mol. The predicted octanol–water partition coefficient (Wildman–Crippen LogP) is 3.07. The van der Waals surface area contributed by atoms with E-state index in [1.54, 1.807) is 0 Å². The van der Waals surface area contributed by atoms with Gasteiger partial charge in [0, 0.05) is 25.0 Å². The quantitative estimate of drug-likeness (QED) is 0.833. The van der Waals surface area contributed by atoms with Crippen LogP contribution < -0.4 is 5.32 Å². The van der Waals surface area contributed by atoms with Gasteiger partial charge in [-0.2, -0.15) is 10.2 Å². The van der Waals surface area contributed by atoms with Gasteiger partial charge in [-0.1, -0.05) is 13.8 Å². The van der Waals surface area contributed by atoms with Crippen molar-refractivity contribution in [3.8, 4) is 0 Å². The van der Waals surface area contributed by atoms with E-state index < -0.39 is 0 Å². The maximum Gasteiger partial charge on any atom is 0.0729 e. The van der Waals surface area contributed by atoms with Gasteiger partial charge in [-0.25, -0.2) is 0 Å². The SMILES string of the molecule is CCCn1cc(NCc2ccnn2[C@@H](C)CC)cn1. The van der Waals surface area contributed by atoms with Gasteiger partial charge >= 0.3 is 0 Å². The number of aryl methyl sites for hydroxylation is 1. The number of nitrogens with zero attached hydrogens (tertiary/aromatic N) is 4. The van der Waals surface area contributed by atoms with Crippen LogP contribution in [0.2, 0.25) is 0 Å². The van der Waals surface area contributed by atoms with Gasteiger partial charge in [0.1, 0.15) is 0 Å². The van der Waals surface area contributed by atoms with Crippen LogP contribution in [0.4, 0.5) is 5.69 Å². The monoisotopic (exact) mass is 261 g/mol. The van der Waals surface area contributed by atoms with Gasteiger partial charge < -0.3 is 5.32 Å². The van der Waals surface area contributed by atoms with E-state index in [4.69, 9.17) is 0 Å². The number of anilines is 1. The maximum absolute atomic E-state index is 4.39. The Hall–Kier alpha value is -1.78. The van der Waals surface area contributed by atoms with Crippen molar-refractivity contribution in [3.05, 3.63) is 30.4 Å². The first-order chi connectivity index (χ1) is 9.24. The third-order valence-corrected chi connectivity index (χ3v) is 3.32. The van der Waals surface area contributed by atoms with Crippen LogP contribution in [0.5, 0.6) is 0 Å². The normalized spacial score (nSPS) is 12.6. The second-order valence-electron chi connectivity index (χ2n) is 4.87. The van der Waals surface area contributed by atoms with Crippen LogP contribution in [0.1, 0.15) is 45.3 Å². The lowest BCUT2D eigenvalue weighted by atomic mass is 10.2. The average Bonchev–Trinajstić information content (AvgIpc) is 3.04. The molecule has 1 atom stereocenters. The molecule has 0 amide bonds. The van der Waals surface area contributed by atoms with Crippen molar-refractivity contribution in [1.29, 1.82) is 0 Å². The minimum Gasteiger partial charge on any atom is -0.377 e. The van der Waals surface area contributed by atoms with E-state index in [-0.39, 0.29) is 0 Å². The van der Waals surface area contributed by atoms with Crippen LogP contribution in [0, 0.1) is 0 Å². The third kappa shape index (κ3) is 3.36. The van der Waals surface area contributed by atoms with Crippen LogP contribution in [0.25, 0.3) is 0 Å². The van der Waals surface area contributed by atoms with Gasteiger partial charge in [-0.05, 0) is 25.8 Å². The molecule has 104 valence electrons. The second kappa shape index (κ2) is 6.41. The molecule has 0 unspecified atom stereocenters. The molecule has 2 heterocycles. The van der Waals surface area contributed by atoms with Crippen LogP contribution in [0.15, 0.2) is 24.7 Å². The highest BCUT2D eigenvalue weighted by Crippen LogP contribution is 2.14. The van der Waals surface area contributed by atoms with Gasteiger partial charge in [0.2, 0.25) is 0 Å². The smallest absolute Gasteiger partial charge is 0.0729 e. The average molecular weight is 261 g/mol. The summed E-state index contributed by atoms with van der Waals surface area (Å²) in [6, 6.07) is 2.50. The molecule has 0 saturated carbocycles. The Balaban J connectivity index is 1.96. The molecule has 2 rings (SSSR count). The van der Waals surface area contributed by atoms with E-state index in [1.165, 1.54) is 5.69 Å². The molecule has 0 spiro atoms. The van der Waals surface area contributed by atoms with E-state index in [0.717, 1.165) is 31.6 Å². The zero-order valence-electron chi connectivity index (χ0n) is 12.0. The van der Waals surface area contributed by atoms with E-state index in [2.05, 4.69) is 47.0 Å². The summed E-state index contributed by atoms with van der Waals surface area (Å²) < 4.78 is 4.05. The fourth-order valence-electron chi connectivity index (χ4n) is 2.05. The molecule has 0 aliphatic rings. The second-order valence-corrected chi connectivity index (χ2v) is 4.87. The molecule has 19 heavy (non-hydrogen) atoms. The van der Waals surface area contributed by atoms with Crippen molar-refractivity contribution in [1.82, 2.24) is 19.6 Å². The molecule has 5 heteroatoms. The summed E-state index contributed by atoms with van der Waals surface area (Å²) in [5.74, 6) is 0. The van der Waals surface area contributed by atoms with E-state index >= 15 is 0 Å². The van der Waals surface area contributed by atoms with E-state index in [1.807, 2.05) is 23.3 Å².